The fourth-order valence-corrected chi connectivity index (χ4v) is 4.65. The lowest BCUT2D eigenvalue weighted by Gasteiger charge is -2.18. The first-order valence-corrected chi connectivity index (χ1v) is 12.2. The summed E-state index contributed by atoms with van der Waals surface area (Å²) in [6.07, 6.45) is 3.08. The quantitative estimate of drug-likeness (QED) is 0.269. The van der Waals surface area contributed by atoms with Crippen molar-refractivity contribution in [2.24, 2.45) is 5.73 Å². The van der Waals surface area contributed by atoms with E-state index in [-0.39, 0.29) is 39.7 Å². The normalized spacial score (nSPS) is 11.4. The van der Waals surface area contributed by atoms with E-state index in [0.717, 1.165) is 23.5 Å². The van der Waals surface area contributed by atoms with Crippen LogP contribution in [0.3, 0.4) is 0 Å². The van der Waals surface area contributed by atoms with Crippen LogP contribution in [-0.4, -0.2) is 43.6 Å². The fourth-order valence-electron chi connectivity index (χ4n) is 3.53. The van der Waals surface area contributed by atoms with E-state index in [0.29, 0.717) is 17.1 Å². The maximum absolute atomic E-state index is 14.9. The van der Waals surface area contributed by atoms with E-state index in [4.69, 9.17) is 10.5 Å². The van der Waals surface area contributed by atoms with Crippen molar-refractivity contribution in [2.45, 2.75) is 32.9 Å². The van der Waals surface area contributed by atoms with Gasteiger partial charge in [-0.3, -0.25) is 9.59 Å². The maximum Gasteiger partial charge on any atom is 0.327 e. The number of amides is 1. The molecule has 38 heavy (non-hydrogen) atoms. The number of nitrogens with one attached hydrogen (secondary N) is 1. The standard InChI is InChI=1S/C25H24F2N6O4S/c1-4-37-21(34)12-33-11-18(31-32-33)13-5-6-20(29-10-13)30-24-15(23(28)35)9-19(38-24)22-16(26)7-14(8-17(22)27)25(2,3)36/h5-11,36H,4,12H2,1-3H3,(H2,28,35)(H,29,30). The number of halogens is 2. The molecule has 0 aliphatic heterocycles. The molecule has 0 saturated heterocycles. The van der Waals surface area contributed by atoms with Gasteiger partial charge in [0.05, 0.1) is 29.5 Å². The summed E-state index contributed by atoms with van der Waals surface area (Å²) < 4.78 is 36.0. The Kier molecular flexibility index (Phi) is 7.51. The van der Waals surface area contributed by atoms with Crippen LogP contribution in [0, 0.1) is 11.6 Å². The number of pyridine rings is 1. The van der Waals surface area contributed by atoms with Gasteiger partial charge in [0.1, 0.15) is 34.7 Å². The van der Waals surface area contributed by atoms with Gasteiger partial charge in [0.2, 0.25) is 0 Å². The van der Waals surface area contributed by atoms with Crippen molar-refractivity contribution in [2.75, 3.05) is 11.9 Å². The number of rotatable bonds is 9. The summed E-state index contributed by atoms with van der Waals surface area (Å²) in [5.74, 6) is -2.66. The molecule has 4 rings (SSSR count). The number of nitrogens with zero attached hydrogens (tertiary/aromatic N) is 4. The fraction of sp³-hybridized carbons (Fsp3) is 0.240. The van der Waals surface area contributed by atoms with E-state index >= 15 is 0 Å². The molecule has 1 aromatic carbocycles. The number of carbonyl (C=O) groups is 2. The van der Waals surface area contributed by atoms with E-state index in [1.807, 2.05) is 0 Å². The van der Waals surface area contributed by atoms with Crippen LogP contribution >= 0.6 is 11.3 Å². The number of hydrogen-bond donors (Lipinski definition) is 3. The molecule has 4 N–H and O–H groups in total. The third-order valence-electron chi connectivity index (χ3n) is 5.43. The van der Waals surface area contributed by atoms with Crippen molar-refractivity contribution in [1.82, 2.24) is 20.0 Å². The van der Waals surface area contributed by atoms with Gasteiger partial charge in [0, 0.05) is 16.6 Å². The van der Waals surface area contributed by atoms with E-state index in [9.17, 15) is 23.5 Å². The van der Waals surface area contributed by atoms with Gasteiger partial charge in [-0.05, 0) is 56.7 Å². The molecule has 4 aromatic rings. The first kappa shape index (κ1) is 26.8. The highest BCUT2D eigenvalue weighted by molar-refractivity contribution is 7.20. The predicted molar refractivity (Wildman–Crippen MR) is 137 cm³/mol. The molecule has 3 heterocycles. The Morgan fingerprint density at radius 2 is 1.92 bits per heavy atom. The topological polar surface area (TPSA) is 145 Å². The zero-order valence-electron chi connectivity index (χ0n) is 20.7. The molecule has 0 atom stereocenters. The maximum atomic E-state index is 14.9. The van der Waals surface area contributed by atoms with Crippen LogP contribution in [0.15, 0.2) is 42.7 Å². The molecule has 198 valence electrons. The minimum absolute atomic E-state index is 0.0307. The van der Waals surface area contributed by atoms with Crippen molar-refractivity contribution in [3.8, 4) is 21.7 Å². The minimum atomic E-state index is -1.44. The van der Waals surface area contributed by atoms with Crippen molar-refractivity contribution in [3.05, 3.63) is 65.5 Å². The number of aliphatic hydroxyl groups is 1. The summed E-state index contributed by atoms with van der Waals surface area (Å²) in [6.45, 7) is 4.74. The first-order valence-electron chi connectivity index (χ1n) is 11.4. The Morgan fingerprint density at radius 3 is 2.50 bits per heavy atom. The minimum Gasteiger partial charge on any atom is -0.465 e. The van der Waals surface area contributed by atoms with Gasteiger partial charge >= 0.3 is 5.97 Å². The molecule has 0 fully saturated rings. The van der Waals surface area contributed by atoms with Crippen molar-refractivity contribution in [3.63, 3.8) is 0 Å². The summed E-state index contributed by atoms with van der Waals surface area (Å²) in [5.41, 5.74) is 4.93. The Morgan fingerprint density at radius 1 is 1.21 bits per heavy atom. The second kappa shape index (κ2) is 10.6. The van der Waals surface area contributed by atoms with Gasteiger partial charge in [0.25, 0.3) is 5.91 Å². The lowest BCUT2D eigenvalue weighted by molar-refractivity contribution is -0.144. The third kappa shape index (κ3) is 5.84. The number of esters is 1. The number of ether oxygens (including phenoxy) is 1. The highest BCUT2D eigenvalue weighted by Gasteiger charge is 2.24. The van der Waals surface area contributed by atoms with E-state index in [1.54, 1.807) is 25.3 Å². The number of nitrogens with two attached hydrogens (primary N) is 1. The number of hydrogen-bond acceptors (Lipinski definition) is 9. The highest BCUT2D eigenvalue weighted by atomic mass is 32.1. The van der Waals surface area contributed by atoms with E-state index in [1.165, 1.54) is 30.8 Å². The van der Waals surface area contributed by atoms with Gasteiger partial charge in [-0.15, -0.1) is 16.4 Å². The van der Waals surface area contributed by atoms with Crippen LogP contribution in [0.4, 0.5) is 19.6 Å². The monoisotopic (exact) mass is 542 g/mol. The van der Waals surface area contributed by atoms with Crippen LogP contribution < -0.4 is 11.1 Å². The second-order valence-electron chi connectivity index (χ2n) is 8.76. The number of primary amides is 1. The molecule has 0 bridgehead atoms. The van der Waals surface area contributed by atoms with Gasteiger partial charge < -0.3 is 20.9 Å². The van der Waals surface area contributed by atoms with Crippen molar-refractivity contribution < 1.29 is 28.2 Å². The summed E-state index contributed by atoms with van der Waals surface area (Å²) >= 11 is 0.927. The molecule has 3 aromatic heterocycles. The van der Waals surface area contributed by atoms with Crippen LogP contribution in [0.5, 0.6) is 0 Å². The first-order chi connectivity index (χ1) is 18.0. The number of carbonyl (C=O) groups excluding carboxylic acids is 2. The highest BCUT2D eigenvalue weighted by Crippen LogP contribution is 2.40. The van der Waals surface area contributed by atoms with Crippen LogP contribution in [-0.2, 0) is 21.7 Å². The smallest absolute Gasteiger partial charge is 0.327 e. The summed E-state index contributed by atoms with van der Waals surface area (Å²) in [6, 6.07) is 6.72. The van der Waals surface area contributed by atoms with Crippen LogP contribution in [0.2, 0.25) is 0 Å². The summed E-state index contributed by atoms with van der Waals surface area (Å²) in [5, 5.41) is 21.2. The van der Waals surface area contributed by atoms with Gasteiger partial charge in [-0.25, -0.2) is 18.4 Å². The SMILES string of the molecule is CCOC(=O)Cn1cc(-c2ccc(Nc3sc(-c4c(F)cc(C(C)(C)O)cc4F)cc3C(N)=O)nc2)nn1. The number of anilines is 2. The zero-order chi connectivity index (χ0) is 27.6. The van der Waals surface area contributed by atoms with E-state index < -0.39 is 29.1 Å². The molecule has 0 radical (unpaired) electrons. The second-order valence-corrected chi connectivity index (χ2v) is 9.81. The third-order valence-corrected chi connectivity index (χ3v) is 6.50. The molecule has 0 aliphatic carbocycles. The van der Waals surface area contributed by atoms with Gasteiger partial charge in [-0.1, -0.05) is 5.21 Å². The van der Waals surface area contributed by atoms with Crippen molar-refractivity contribution >= 4 is 34.0 Å². The van der Waals surface area contributed by atoms with Crippen molar-refractivity contribution in [1.29, 1.82) is 0 Å². The Bertz CT molecular complexity index is 1470. The molecule has 0 unspecified atom stereocenters. The van der Waals surface area contributed by atoms with Gasteiger partial charge in [0.15, 0.2) is 0 Å². The number of aromatic nitrogens is 4. The molecular formula is C25H24F2N6O4S. The molecule has 10 nitrogen and oxygen atoms in total. The van der Waals surface area contributed by atoms with Gasteiger partial charge in [-0.2, -0.15) is 0 Å². The predicted octanol–water partition coefficient (Wildman–Crippen LogP) is 3.98. The molecular weight excluding hydrogens is 518 g/mol. The molecule has 1 amide bonds. The number of thiophene rings is 1. The number of benzene rings is 1. The zero-order valence-corrected chi connectivity index (χ0v) is 21.5. The van der Waals surface area contributed by atoms with E-state index in [2.05, 4.69) is 20.6 Å². The Hall–Kier alpha value is -4.23. The lowest BCUT2D eigenvalue weighted by Crippen LogP contribution is -2.16. The molecule has 13 heteroatoms. The van der Waals surface area contributed by atoms with Crippen LogP contribution in [0.25, 0.3) is 21.7 Å². The largest absolute Gasteiger partial charge is 0.465 e. The average Bonchev–Trinajstić information content (AvgIpc) is 3.46. The average molecular weight is 543 g/mol. The molecule has 0 saturated carbocycles. The lowest BCUT2D eigenvalue weighted by atomic mass is 9.96. The summed E-state index contributed by atoms with van der Waals surface area (Å²) in [4.78, 5) is 28.1. The Balaban J connectivity index is 1.57. The van der Waals surface area contributed by atoms with Crippen LogP contribution in [0.1, 0.15) is 36.7 Å². The Labute approximate surface area is 220 Å². The molecule has 0 aliphatic rings. The summed E-state index contributed by atoms with van der Waals surface area (Å²) in [7, 11) is 0. The molecule has 0 spiro atoms.